The zero-order valence-electron chi connectivity index (χ0n) is 15.7. The number of halogens is 1. The molecule has 2 heterocycles. The fraction of sp³-hybridized carbons (Fsp3) is 0.238. The highest BCUT2D eigenvalue weighted by Gasteiger charge is 2.19. The molecule has 0 radical (unpaired) electrons. The highest BCUT2D eigenvalue weighted by molar-refractivity contribution is 6.30. The molecule has 0 amide bonds. The van der Waals surface area contributed by atoms with Crippen LogP contribution in [-0.4, -0.2) is 43.3 Å². The van der Waals surface area contributed by atoms with E-state index in [-0.39, 0.29) is 0 Å². The SMILES string of the molecule is COc1ccccc1Nc1nccc(N2CCN(c3cccc(Cl)c3)CC2)n1. The number of nitrogens with zero attached hydrogens (tertiary/aromatic N) is 4. The second-order valence-electron chi connectivity index (χ2n) is 6.52. The number of ether oxygens (including phenoxy) is 1. The Morgan fingerprint density at radius 2 is 1.75 bits per heavy atom. The molecule has 6 nitrogen and oxygen atoms in total. The number of rotatable bonds is 5. The first-order chi connectivity index (χ1) is 13.7. The van der Waals surface area contributed by atoms with Gasteiger partial charge in [0, 0.05) is 43.1 Å². The van der Waals surface area contributed by atoms with E-state index in [1.54, 1.807) is 13.3 Å². The lowest BCUT2D eigenvalue weighted by molar-refractivity contribution is 0.417. The predicted octanol–water partition coefficient (Wildman–Crippen LogP) is 4.21. The zero-order valence-corrected chi connectivity index (χ0v) is 16.4. The van der Waals surface area contributed by atoms with Crippen LogP contribution in [0.25, 0.3) is 0 Å². The van der Waals surface area contributed by atoms with Gasteiger partial charge in [0.25, 0.3) is 0 Å². The standard InChI is InChI=1S/C21H22ClN5O/c1-28-19-8-3-2-7-18(19)24-21-23-10-9-20(25-21)27-13-11-26(12-14-27)17-6-4-5-16(22)15-17/h2-10,15H,11-14H2,1H3,(H,23,24,25). The van der Waals surface area contributed by atoms with Gasteiger partial charge in [0.15, 0.2) is 0 Å². The maximum Gasteiger partial charge on any atom is 0.229 e. The van der Waals surface area contributed by atoms with Crippen LogP contribution in [-0.2, 0) is 0 Å². The summed E-state index contributed by atoms with van der Waals surface area (Å²) in [5.41, 5.74) is 2.00. The van der Waals surface area contributed by atoms with Crippen molar-refractivity contribution in [2.45, 2.75) is 0 Å². The number of nitrogens with one attached hydrogen (secondary N) is 1. The molecule has 144 valence electrons. The molecule has 0 unspecified atom stereocenters. The molecule has 3 aromatic rings. The van der Waals surface area contributed by atoms with Crippen LogP contribution < -0.4 is 19.9 Å². The molecule has 0 bridgehead atoms. The normalized spacial score (nSPS) is 14.1. The molecule has 0 aliphatic carbocycles. The van der Waals surface area contributed by atoms with Crippen molar-refractivity contribution in [1.82, 2.24) is 9.97 Å². The van der Waals surface area contributed by atoms with Crippen LogP contribution in [0.3, 0.4) is 0 Å². The summed E-state index contributed by atoms with van der Waals surface area (Å²) < 4.78 is 5.38. The Morgan fingerprint density at radius 1 is 0.964 bits per heavy atom. The molecule has 0 saturated carbocycles. The van der Waals surface area contributed by atoms with Crippen molar-refractivity contribution in [3.63, 3.8) is 0 Å². The van der Waals surface area contributed by atoms with Crippen molar-refractivity contribution in [3.8, 4) is 5.75 Å². The maximum atomic E-state index is 6.12. The van der Waals surface area contributed by atoms with Crippen LogP contribution in [0.5, 0.6) is 5.75 Å². The first kappa shape index (κ1) is 18.4. The molecule has 0 spiro atoms. The van der Waals surface area contributed by atoms with Crippen molar-refractivity contribution in [3.05, 3.63) is 65.8 Å². The maximum absolute atomic E-state index is 6.12. The van der Waals surface area contributed by atoms with E-state index < -0.39 is 0 Å². The third-order valence-corrected chi connectivity index (χ3v) is 5.01. The van der Waals surface area contributed by atoms with E-state index in [0.29, 0.717) is 5.95 Å². The minimum absolute atomic E-state index is 0.555. The number of anilines is 4. The minimum Gasteiger partial charge on any atom is -0.495 e. The number of hydrogen-bond acceptors (Lipinski definition) is 6. The van der Waals surface area contributed by atoms with E-state index in [1.807, 2.05) is 48.5 Å². The van der Waals surface area contributed by atoms with Gasteiger partial charge in [-0.1, -0.05) is 29.8 Å². The van der Waals surface area contributed by atoms with Gasteiger partial charge < -0.3 is 19.9 Å². The van der Waals surface area contributed by atoms with Crippen molar-refractivity contribution in [2.24, 2.45) is 0 Å². The molecule has 0 atom stereocenters. The molecule has 7 heteroatoms. The van der Waals surface area contributed by atoms with Crippen LogP contribution in [0.4, 0.5) is 23.1 Å². The van der Waals surface area contributed by atoms with Gasteiger partial charge in [-0.05, 0) is 36.4 Å². The van der Waals surface area contributed by atoms with Gasteiger partial charge in [-0.15, -0.1) is 0 Å². The number of benzene rings is 2. The summed E-state index contributed by atoms with van der Waals surface area (Å²) in [4.78, 5) is 13.7. The Hall–Kier alpha value is -2.99. The van der Waals surface area contributed by atoms with E-state index in [4.69, 9.17) is 16.3 Å². The van der Waals surface area contributed by atoms with Crippen LogP contribution in [0.1, 0.15) is 0 Å². The first-order valence-corrected chi connectivity index (χ1v) is 9.59. The lowest BCUT2D eigenvalue weighted by atomic mass is 10.2. The molecule has 2 aromatic carbocycles. The van der Waals surface area contributed by atoms with E-state index in [9.17, 15) is 0 Å². The monoisotopic (exact) mass is 395 g/mol. The second kappa shape index (κ2) is 8.35. The molecular weight excluding hydrogens is 374 g/mol. The zero-order chi connectivity index (χ0) is 19.3. The first-order valence-electron chi connectivity index (χ1n) is 9.21. The third-order valence-electron chi connectivity index (χ3n) is 4.77. The van der Waals surface area contributed by atoms with E-state index >= 15 is 0 Å². The number of hydrogen-bond donors (Lipinski definition) is 1. The molecule has 1 fully saturated rings. The average molecular weight is 396 g/mol. The van der Waals surface area contributed by atoms with Crippen LogP contribution >= 0.6 is 11.6 Å². The Kier molecular flexibility index (Phi) is 5.48. The Morgan fingerprint density at radius 3 is 2.54 bits per heavy atom. The Labute approximate surface area is 169 Å². The molecule has 1 N–H and O–H groups in total. The molecular formula is C21H22ClN5O. The van der Waals surface area contributed by atoms with Gasteiger partial charge in [0.05, 0.1) is 12.8 Å². The van der Waals surface area contributed by atoms with Gasteiger partial charge in [0.2, 0.25) is 5.95 Å². The quantitative estimate of drug-likeness (QED) is 0.698. The predicted molar refractivity (Wildman–Crippen MR) is 114 cm³/mol. The van der Waals surface area contributed by atoms with Gasteiger partial charge in [-0.25, -0.2) is 4.98 Å². The Bertz CT molecular complexity index is 943. The van der Waals surface area contributed by atoms with Crippen LogP contribution in [0.2, 0.25) is 5.02 Å². The van der Waals surface area contributed by atoms with E-state index in [2.05, 4.69) is 31.2 Å². The Balaban J connectivity index is 1.44. The van der Waals surface area contributed by atoms with Crippen LogP contribution in [0, 0.1) is 0 Å². The number of aromatic nitrogens is 2. The highest BCUT2D eigenvalue weighted by Crippen LogP contribution is 2.27. The lowest BCUT2D eigenvalue weighted by Gasteiger charge is -2.36. The average Bonchev–Trinajstić information content (AvgIpc) is 2.74. The molecule has 1 aliphatic heterocycles. The highest BCUT2D eigenvalue weighted by atomic mass is 35.5. The summed E-state index contributed by atoms with van der Waals surface area (Å²) in [6.07, 6.45) is 1.78. The number of para-hydroxylation sites is 2. The van der Waals surface area contributed by atoms with Crippen LogP contribution in [0.15, 0.2) is 60.8 Å². The van der Waals surface area contributed by atoms with Gasteiger partial charge in [-0.3, -0.25) is 0 Å². The molecule has 1 aromatic heterocycles. The van der Waals surface area contributed by atoms with Crippen molar-refractivity contribution < 1.29 is 4.74 Å². The minimum atomic E-state index is 0.555. The van der Waals surface area contributed by atoms with Crippen molar-refractivity contribution in [1.29, 1.82) is 0 Å². The summed E-state index contributed by atoms with van der Waals surface area (Å²) in [6, 6.07) is 17.7. The van der Waals surface area contributed by atoms with Gasteiger partial charge >= 0.3 is 0 Å². The second-order valence-corrected chi connectivity index (χ2v) is 6.95. The van der Waals surface area contributed by atoms with Crippen molar-refractivity contribution in [2.75, 3.05) is 48.4 Å². The fourth-order valence-corrected chi connectivity index (χ4v) is 3.50. The van der Waals surface area contributed by atoms with Gasteiger partial charge in [-0.2, -0.15) is 4.98 Å². The molecule has 1 saturated heterocycles. The summed E-state index contributed by atoms with van der Waals surface area (Å²) in [5, 5.41) is 4.01. The molecule has 28 heavy (non-hydrogen) atoms. The summed E-state index contributed by atoms with van der Waals surface area (Å²) in [7, 11) is 1.65. The van der Waals surface area contributed by atoms with Crippen molar-refractivity contribution >= 4 is 34.7 Å². The van der Waals surface area contributed by atoms with E-state index in [1.165, 1.54) is 0 Å². The number of methoxy groups -OCH3 is 1. The molecule has 1 aliphatic rings. The largest absolute Gasteiger partial charge is 0.495 e. The summed E-state index contributed by atoms with van der Waals surface area (Å²) in [5.74, 6) is 2.23. The fourth-order valence-electron chi connectivity index (χ4n) is 3.32. The third kappa shape index (κ3) is 4.12. The number of piperazine rings is 1. The van der Waals surface area contributed by atoms with E-state index in [0.717, 1.165) is 54.1 Å². The smallest absolute Gasteiger partial charge is 0.229 e. The van der Waals surface area contributed by atoms with Gasteiger partial charge in [0.1, 0.15) is 11.6 Å². The summed E-state index contributed by atoms with van der Waals surface area (Å²) in [6.45, 7) is 3.61. The summed E-state index contributed by atoms with van der Waals surface area (Å²) >= 11 is 6.12. The lowest BCUT2D eigenvalue weighted by Crippen LogP contribution is -2.46. The molecule has 4 rings (SSSR count). The topological polar surface area (TPSA) is 53.5 Å².